The first kappa shape index (κ1) is 24.8. The van der Waals surface area contributed by atoms with Crippen molar-refractivity contribution in [1.82, 2.24) is 15.2 Å². The Morgan fingerprint density at radius 1 is 1.29 bits per heavy atom. The lowest BCUT2D eigenvalue weighted by Gasteiger charge is -2.22. The van der Waals surface area contributed by atoms with Crippen LogP contribution in [0.15, 0.2) is 24.8 Å². The maximum Gasteiger partial charge on any atom is 0.273 e. The quantitative estimate of drug-likeness (QED) is 0.548. The first-order valence-corrected chi connectivity index (χ1v) is 10.9. The summed E-state index contributed by atoms with van der Waals surface area (Å²) < 4.78 is 11.2. The summed E-state index contributed by atoms with van der Waals surface area (Å²) in [6.07, 6.45) is 0. The van der Waals surface area contributed by atoms with Gasteiger partial charge in [-0.25, -0.2) is 4.98 Å². The minimum atomic E-state index is -0.393. The van der Waals surface area contributed by atoms with Gasteiger partial charge < -0.3 is 24.6 Å². The Balaban J connectivity index is 1.93. The van der Waals surface area contributed by atoms with Gasteiger partial charge in [-0.3, -0.25) is 15.0 Å². The summed E-state index contributed by atoms with van der Waals surface area (Å²) in [7, 11) is 6.87. The second kappa shape index (κ2) is 9.94. The van der Waals surface area contributed by atoms with Gasteiger partial charge in [-0.1, -0.05) is 6.58 Å². The second-order valence-electron chi connectivity index (χ2n) is 8.23. The zero-order valence-electron chi connectivity index (χ0n) is 20.5. The molecule has 2 heterocycles. The third-order valence-electron chi connectivity index (χ3n) is 5.58. The van der Waals surface area contributed by atoms with E-state index in [-0.39, 0.29) is 23.9 Å². The Labute approximate surface area is 199 Å². The van der Waals surface area contributed by atoms with Gasteiger partial charge in [0.15, 0.2) is 17.2 Å². The Morgan fingerprint density at radius 3 is 2.56 bits per heavy atom. The number of rotatable bonds is 9. The number of ketones is 1. The number of methoxy groups -OCH3 is 1. The van der Waals surface area contributed by atoms with Gasteiger partial charge in [0.2, 0.25) is 0 Å². The van der Waals surface area contributed by atoms with E-state index in [4.69, 9.17) is 14.9 Å². The Bertz CT molecular complexity index is 1170. The zero-order valence-corrected chi connectivity index (χ0v) is 20.5. The molecule has 9 heteroatoms. The number of hydrogen-bond acceptors (Lipinski definition) is 7. The number of pyridine rings is 1. The number of Topliss-reactive ketones (excluding diaryl/α,β-unsaturated/α-hetero) is 1. The summed E-state index contributed by atoms with van der Waals surface area (Å²) in [5.74, 6) is 0.568. The predicted molar refractivity (Wildman–Crippen MR) is 132 cm³/mol. The number of allylic oxidation sites excluding steroid dienone is 1. The second-order valence-corrected chi connectivity index (χ2v) is 8.23. The average molecular weight is 466 g/mol. The van der Waals surface area contributed by atoms with Crippen molar-refractivity contribution in [3.8, 4) is 11.5 Å². The molecule has 0 saturated carbocycles. The molecule has 2 aromatic rings. The van der Waals surface area contributed by atoms with Crippen LogP contribution in [0.1, 0.15) is 51.5 Å². The Hall–Kier alpha value is -3.88. The number of ether oxygens (including phenoxy) is 2. The lowest BCUT2D eigenvalue weighted by atomic mass is 9.99. The summed E-state index contributed by atoms with van der Waals surface area (Å²) in [6, 6.07) is 5.29. The van der Waals surface area contributed by atoms with Gasteiger partial charge in [-0.2, -0.15) is 0 Å². The van der Waals surface area contributed by atoms with Crippen LogP contribution in [-0.4, -0.2) is 68.8 Å². The molecular formula is C25H31N5O4. The first-order chi connectivity index (χ1) is 16.1. The van der Waals surface area contributed by atoms with E-state index in [0.29, 0.717) is 35.9 Å². The van der Waals surface area contributed by atoms with Gasteiger partial charge in [0.1, 0.15) is 17.3 Å². The number of amides is 1. The smallest absolute Gasteiger partial charge is 0.273 e. The Morgan fingerprint density at radius 2 is 2.00 bits per heavy atom. The van der Waals surface area contributed by atoms with Gasteiger partial charge in [0.05, 0.1) is 25.9 Å². The van der Waals surface area contributed by atoms with Crippen molar-refractivity contribution in [2.75, 3.05) is 46.3 Å². The molecule has 0 saturated heterocycles. The number of carbonyl (C=O) groups excluding carboxylic acids is 2. The highest BCUT2D eigenvalue weighted by Gasteiger charge is 2.31. The molecule has 0 fully saturated rings. The van der Waals surface area contributed by atoms with E-state index in [1.165, 1.54) is 7.05 Å². The van der Waals surface area contributed by atoms with E-state index in [1.54, 1.807) is 30.2 Å². The standard InChI is InChI=1S/C25H31N5O4/c1-8-34-20-11-16-12-30(24(26)21(16)28-22(20)25(32)27-4)13-19(31)15-9-17(14(2)3)23(33-7)18(10-15)29(5)6/h9-11,26H,2,8,12-13H2,1,3-7H3,(H,27,32). The van der Waals surface area contributed by atoms with E-state index in [2.05, 4.69) is 16.9 Å². The minimum absolute atomic E-state index is 0.0106. The molecule has 34 heavy (non-hydrogen) atoms. The van der Waals surface area contributed by atoms with E-state index in [9.17, 15) is 9.59 Å². The van der Waals surface area contributed by atoms with Crippen LogP contribution in [-0.2, 0) is 6.54 Å². The molecule has 1 aliphatic rings. The molecule has 0 unspecified atom stereocenters. The van der Waals surface area contributed by atoms with Crippen LogP contribution in [0.25, 0.3) is 5.57 Å². The number of aromatic nitrogens is 1. The number of hydrogen-bond donors (Lipinski definition) is 2. The molecule has 1 amide bonds. The summed E-state index contributed by atoms with van der Waals surface area (Å²) in [4.78, 5) is 33.5. The molecular weight excluding hydrogens is 434 g/mol. The van der Waals surface area contributed by atoms with Crippen LogP contribution in [0.5, 0.6) is 11.5 Å². The van der Waals surface area contributed by atoms with Gasteiger partial charge in [0, 0.05) is 44.4 Å². The maximum atomic E-state index is 13.3. The summed E-state index contributed by atoms with van der Waals surface area (Å²) in [5, 5.41) is 11.1. The van der Waals surface area contributed by atoms with Crippen LogP contribution in [0.3, 0.4) is 0 Å². The van der Waals surface area contributed by atoms with Crippen molar-refractivity contribution in [1.29, 1.82) is 5.41 Å². The van der Waals surface area contributed by atoms with Crippen molar-refractivity contribution in [3.05, 3.63) is 52.9 Å². The number of amidine groups is 1. The molecule has 3 rings (SSSR count). The molecule has 0 radical (unpaired) electrons. The summed E-state index contributed by atoms with van der Waals surface area (Å²) >= 11 is 0. The molecule has 9 nitrogen and oxygen atoms in total. The molecule has 0 spiro atoms. The van der Waals surface area contributed by atoms with Crippen LogP contribution < -0.4 is 19.7 Å². The fourth-order valence-electron chi connectivity index (χ4n) is 3.88. The minimum Gasteiger partial charge on any atom is -0.494 e. The van der Waals surface area contributed by atoms with Gasteiger partial charge in [-0.15, -0.1) is 0 Å². The molecule has 2 N–H and O–H groups in total. The summed E-state index contributed by atoms with van der Waals surface area (Å²) in [6.45, 7) is 8.40. The van der Waals surface area contributed by atoms with E-state index in [0.717, 1.165) is 22.4 Å². The zero-order chi connectivity index (χ0) is 25.2. The molecule has 1 aromatic carbocycles. The number of nitrogens with one attached hydrogen (secondary N) is 2. The highest BCUT2D eigenvalue weighted by Crippen LogP contribution is 2.36. The molecule has 0 aliphatic carbocycles. The van der Waals surface area contributed by atoms with Crippen molar-refractivity contribution >= 4 is 28.8 Å². The fourth-order valence-corrected chi connectivity index (χ4v) is 3.88. The normalized spacial score (nSPS) is 12.3. The number of carbonyl (C=O) groups is 2. The highest BCUT2D eigenvalue weighted by atomic mass is 16.5. The largest absolute Gasteiger partial charge is 0.494 e. The van der Waals surface area contributed by atoms with Crippen LogP contribution in [0.2, 0.25) is 0 Å². The van der Waals surface area contributed by atoms with Crippen LogP contribution in [0.4, 0.5) is 5.69 Å². The van der Waals surface area contributed by atoms with E-state index >= 15 is 0 Å². The molecule has 1 aromatic heterocycles. The SMILES string of the molecule is C=C(C)c1cc(C(=O)CN2Cc3cc(OCC)c(C(=O)NC)nc3C2=N)cc(N(C)C)c1OC. The lowest BCUT2D eigenvalue weighted by Crippen LogP contribution is -2.31. The Kier molecular flexibility index (Phi) is 7.24. The van der Waals surface area contributed by atoms with Crippen LogP contribution >= 0.6 is 0 Å². The first-order valence-electron chi connectivity index (χ1n) is 10.9. The fraction of sp³-hybridized carbons (Fsp3) is 0.360. The van der Waals surface area contributed by atoms with Crippen molar-refractivity contribution < 1.29 is 19.1 Å². The van der Waals surface area contributed by atoms with Gasteiger partial charge >= 0.3 is 0 Å². The number of nitrogens with zero attached hydrogens (tertiary/aromatic N) is 3. The third kappa shape index (κ3) is 4.59. The van der Waals surface area contributed by atoms with Crippen molar-refractivity contribution in [2.24, 2.45) is 0 Å². The third-order valence-corrected chi connectivity index (χ3v) is 5.58. The molecule has 1 aliphatic heterocycles. The number of benzene rings is 1. The predicted octanol–water partition coefficient (Wildman–Crippen LogP) is 2.97. The van der Waals surface area contributed by atoms with E-state index in [1.807, 2.05) is 32.8 Å². The lowest BCUT2D eigenvalue weighted by molar-refractivity contribution is 0.0949. The number of anilines is 1. The van der Waals surface area contributed by atoms with Gasteiger partial charge in [0.25, 0.3) is 5.91 Å². The highest BCUT2D eigenvalue weighted by molar-refractivity contribution is 6.06. The molecule has 180 valence electrons. The molecule has 0 atom stereocenters. The maximum absolute atomic E-state index is 13.3. The molecule has 0 bridgehead atoms. The van der Waals surface area contributed by atoms with Gasteiger partial charge in [-0.05, 0) is 37.6 Å². The monoisotopic (exact) mass is 465 g/mol. The number of fused-ring (bicyclic) bond motifs is 1. The van der Waals surface area contributed by atoms with E-state index < -0.39 is 5.91 Å². The van der Waals surface area contributed by atoms with Crippen molar-refractivity contribution in [3.63, 3.8) is 0 Å². The van der Waals surface area contributed by atoms with Crippen LogP contribution in [0, 0.1) is 5.41 Å². The average Bonchev–Trinajstić information content (AvgIpc) is 3.11. The van der Waals surface area contributed by atoms with Crippen molar-refractivity contribution in [2.45, 2.75) is 20.4 Å². The topological polar surface area (TPSA) is 108 Å². The summed E-state index contributed by atoms with van der Waals surface area (Å²) in [5.41, 5.74) is 4.05.